The van der Waals surface area contributed by atoms with Gasteiger partial charge in [0.25, 0.3) is 0 Å². The predicted molar refractivity (Wildman–Crippen MR) is 103 cm³/mol. The van der Waals surface area contributed by atoms with Gasteiger partial charge in [0.05, 0.1) is 0 Å². The van der Waals surface area contributed by atoms with E-state index in [2.05, 4.69) is 34.6 Å². The second-order valence-corrected chi connectivity index (χ2v) is 10.2. The lowest BCUT2D eigenvalue weighted by Crippen LogP contribution is -2.13. The van der Waals surface area contributed by atoms with Crippen LogP contribution in [0, 0.1) is 0 Å². The molecular formula is C20H43P. The van der Waals surface area contributed by atoms with E-state index in [0.717, 1.165) is 11.3 Å². The topological polar surface area (TPSA) is 0 Å². The van der Waals surface area contributed by atoms with Gasteiger partial charge in [0.15, 0.2) is 0 Å². The summed E-state index contributed by atoms with van der Waals surface area (Å²) in [5.41, 5.74) is 2.01. The fourth-order valence-electron chi connectivity index (χ4n) is 3.28. The van der Waals surface area contributed by atoms with E-state index >= 15 is 0 Å². The monoisotopic (exact) mass is 314 g/mol. The number of rotatable bonds is 15. The average Bonchev–Trinajstić information content (AvgIpc) is 2.48. The van der Waals surface area contributed by atoms with E-state index in [4.69, 9.17) is 0 Å². The van der Waals surface area contributed by atoms with Crippen molar-refractivity contribution in [3.8, 4) is 0 Å². The van der Waals surface area contributed by atoms with E-state index in [1.54, 1.807) is 0 Å². The van der Waals surface area contributed by atoms with E-state index in [0.29, 0.717) is 0 Å². The molecule has 1 heteroatoms. The minimum absolute atomic E-state index is 0.269. The van der Waals surface area contributed by atoms with Crippen LogP contribution in [0.2, 0.25) is 0 Å². The summed E-state index contributed by atoms with van der Waals surface area (Å²) in [6.07, 6.45) is 18.8. The molecule has 2 atom stereocenters. The maximum atomic E-state index is 2.57. The van der Waals surface area contributed by atoms with Gasteiger partial charge in [-0.2, -0.15) is 0 Å². The lowest BCUT2D eigenvalue weighted by atomic mass is 10.1. The van der Waals surface area contributed by atoms with Crippen molar-refractivity contribution < 1.29 is 0 Å². The van der Waals surface area contributed by atoms with Crippen LogP contribution in [0.1, 0.15) is 112 Å². The first kappa shape index (κ1) is 21.4. The van der Waals surface area contributed by atoms with Crippen LogP contribution < -0.4 is 0 Å². The van der Waals surface area contributed by atoms with Crippen LogP contribution in [0.25, 0.3) is 0 Å². The molecule has 0 fully saturated rings. The van der Waals surface area contributed by atoms with Gasteiger partial charge in [-0.15, -0.1) is 7.92 Å². The number of unbranched alkanes of at least 4 members (excludes halogenated alkanes) is 7. The van der Waals surface area contributed by atoms with Gasteiger partial charge in [-0.05, 0) is 36.7 Å². The van der Waals surface area contributed by atoms with Gasteiger partial charge in [0.1, 0.15) is 0 Å². The molecule has 0 aromatic rings. The standard InChI is InChI=1S/C20H43P/c1-6-9-12-14-16-19(4)21(18-11-8-3)20(5)17-15-13-10-7-2/h19-20H,6-18H2,1-5H3. The Kier molecular flexibility index (Phi) is 15.6. The third-order valence-electron chi connectivity index (χ3n) is 4.85. The Morgan fingerprint density at radius 3 is 1.38 bits per heavy atom. The highest BCUT2D eigenvalue weighted by molar-refractivity contribution is 7.59. The molecule has 0 heterocycles. The van der Waals surface area contributed by atoms with Crippen LogP contribution in [0.15, 0.2) is 0 Å². The number of hydrogen-bond acceptors (Lipinski definition) is 0. The molecule has 0 amide bonds. The van der Waals surface area contributed by atoms with Crippen molar-refractivity contribution in [2.45, 2.75) is 123 Å². The van der Waals surface area contributed by atoms with E-state index in [1.807, 2.05) is 0 Å². The quantitative estimate of drug-likeness (QED) is 0.212. The zero-order chi connectivity index (χ0) is 15.9. The SMILES string of the molecule is CCCCCCC(C)P(CCCC)C(C)CCCCCC. The zero-order valence-electron chi connectivity index (χ0n) is 15.8. The molecule has 0 N–H and O–H groups in total. The second kappa shape index (κ2) is 15.3. The van der Waals surface area contributed by atoms with Gasteiger partial charge in [-0.3, -0.25) is 0 Å². The zero-order valence-corrected chi connectivity index (χ0v) is 16.7. The molecular weight excluding hydrogens is 271 g/mol. The first-order valence-electron chi connectivity index (χ1n) is 9.93. The first-order chi connectivity index (χ1) is 10.2. The van der Waals surface area contributed by atoms with Crippen LogP contribution in [0.5, 0.6) is 0 Å². The van der Waals surface area contributed by atoms with E-state index in [1.165, 1.54) is 83.2 Å². The van der Waals surface area contributed by atoms with E-state index in [-0.39, 0.29) is 7.92 Å². The summed E-state index contributed by atoms with van der Waals surface area (Å²) in [6, 6.07) is 0. The Balaban J connectivity index is 4.13. The largest absolute Gasteiger partial charge is 0.101 e. The molecule has 21 heavy (non-hydrogen) atoms. The molecule has 0 spiro atoms. The van der Waals surface area contributed by atoms with Gasteiger partial charge >= 0.3 is 0 Å². The van der Waals surface area contributed by atoms with E-state index < -0.39 is 0 Å². The number of hydrogen-bond donors (Lipinski definition) is 0. The maximum Gasteiger partial charge on any atom is -0.0235 e. The maximum absolute atomic E-state index is 2.57. The lowest BCUT2D eigenvalue weighted by molar-refractivity contribution is 0.611. The highest BCUT2D eigenvalue weighted by Gasteiger charge is 2.21. The highest BCUT2D eigenvalue weighted by Crippen LogP contribution is 2.50. The minimum atomic E-state index is 0.269. The Hall–Kier alpha value is 0.430. The molecule has 0 nitrogen and oxygen atoms in total. The van der Waals surface area contributed by atoms with Gasteiger partial charge in [-0.1, -0.05) is 92.4 Å². The molecule has 0 aliphatic heterocycles. The van der Waals surface area contributed by atoms with Crippen molar-refractivity contribution in [2.24, 2.45) is 0 Å². The minimum Gasteiger partial charge on any atom is -0.101 e. The molecule has 0 aromatic carbocycles. The van der Waals surface area contributed by atoms with Gasteiger partial charge in [0.2, 0.25) is 0 Å². The molecule has 0 bridgehead atoms. The average molecular weight is 315 g/mol. The van der Waals surface area contributed by atoms with Crippen LogP contribution in [-0.2, 0) is 0 Å². The summed E-state index contributed by atoms with van der Waals surface area (Å²) >= 11 is 0. The molecule has 0 rings (SSSR count). The van der Waals surface area contributed by atoms with Gasteiger partial charge in [-0.25, -0.2) is 0 Å². The van der Waals surface area contributed by atoms with Crippen LogP contribution in [0.4, 0.5) is 0 Å². The van der Waals surface area contributed by atoms with Crippen molar-refractivity contribution in [1.29, 1.82) is 0 Å². The smallest absolute Gasteiger partial charge is 0.0235 e. The fourth-order valence-corrected chi connectivity index (χ4v) is 6.74. The fraction of sp³-hybridized carbons (Fsp3) is 1.00. The Morgan fingerprint density at radius 2 is 1.00 bits per heavy atom. The van der Waals surface area contributed by atoms with Crippen molar-refractivity contribution in [2.75, 3.05) is 6.16 Å². The first-order valence-corrected chi connectivity index (χ1v) is 11.6. The highest BCUT2D eigenvalue weighted by atomic mass is 31.1. The molecule has 0 radical (unpaired) electrons. The molecule has 2 unspecified atom stereocenters. The second-order valence-electron chi connectivity index (χ2n) is 6.99. The Morgan fingerprint density at radius 1 is 0.571 bits per heavy atom. The summed E-state index contributed by atoms with van der Waals surface area (Å²) in [7, 11) is 0.269. The third kappa shape index (κ3) is 11.6. The molecule has 128 valence electrons. The van der Waals surface area contributed by atoms with Crippen molar-refractivity contribution in [3.05, 3.63) is 0 Å². The van der Waals surface area contributed by atoms with Crippen molar-refractivity contribution in [1.82, 2.24) is 0 Å². The summed E-state index contributed by atoms with van der Waals surface area (Å²) in [5, 5.41) is 0. The molecule has 0 aromatic heterocycles. The third-order valence-corrected chi connectivity index (χ3v) is 8.47. The lowest BCUT2D eigenvalue weighted by Gasteiger charge is -2.31. The van der Waals surface area contributed by atoms with Crippen LogP contribution >= 0.6 is 7.92 Å². The van der Waals surface area contributed by atoms with Crippen molar-refractivity contribution in [3.63, 3.8) is 0 Å². The summed E-state index contributed by atoms with van der Waals surface area (Å²) in [5.74, 6) is 0. The van der Waals surface area contributed by atoms with Gasteiger partial charge < -0.3 is 0 Å². The van der Waals surface area contributed by atoms with Crippen molar-refractivity contribution >= 4 is 7.92 Å². The van der Waals surface area contributed by atoms with Crippen LogP contribution in [-0.4, -0.2) is 17.5 Å². The summed E-state index contributed by atoms with van der Waals surface area (Å²) in [6.45, 7) is 12.1. The predicted octanol–water partition coefficient (Wildman–Crippen LogP) is 7.99. The molecule has 0 aliphatic carbocycles. The van der Waals surface area contributed by atoms with Gasteiger partial charge in [0, 0.05) is 0 Å². The normalized spacial score (nSPS) is 15.9. The molecule has 0 saturated carbocycles. The van der Waals surface area contributed by atoms with Crippen LogP contribution in [0.3, 0.4) is 0 Å². The molecule has 0 aliphatic rings. The summed E-state index contributed by atoms with van der Waals surface area (Å²) < 4.78 is 0. The molecule has 0 saturated heterocycles. The Labute approximate surface area is 137 Å². The summed E-state index contributed by atoms with van der Waals surface area (Å²) in [4.78, 5) is 0. The van der Waals surface area contributed by atoms with E-state index in [9.17, 15) is 0 Å². The Bertz CT molecular complexity index is 184.